The molecule has 0 aliphatic carbocycles. The number of carbonyl (C=O) groups excluding carboxylic acids is 1. The molecule has 94 valence electrons. The summed E-state index contributed by atoms with van der Waals surface area (Å²) in [4.78, 5) is 12.7. The predicted octanol–water partition coefficient (Wildman–Crippen LogP) is 2.32. The fourth-order valence-corrected chi connectivity index (χ4v) is 2.14. The molecule has 0 aliphatic heterocycles. The lowest BCUT2D eigenvalue weighted by molar-refractivity contribution is -0.124. The normalized spacial score (nSPS) is 10.6. The molecule has 0 saturated carbocycles. The molecule has 1 aromatic rings. The van der Waals surface area contributed by atoms with Crippen molar-refractivity contribution in [1.29, 1.82) is 0 Å². The smallest absolute Gasteiger partial charge is 0.234 e. The number of hydrazine groups is 1. The largest absolute Gasteiger partial charge is 0.289 e. The average molecular weight is 252 g/mol. The van der Waals surface area contributed by atoms with Crippen LogP contribution in [-0.2, 0) is 11.2 Å². The summed E-state index contributed by atoms with van der Waals surface area (Å²) in [6.07, 6.45) is 1.31. The Morgan fingerprint density at radius 2 is 1.94 bits per heavy atom. The highest BCUT2D eigenvalue weighted by atomic mass is 32.2. The third-order valence-corrected chi connectivity index (χ3v) is 3.12. The number of thioether (sulfide) groups is 1. The van der Waals surface area contributed by atoms with E-state index < -0.39 is 0 Å². The van der Waals surface area contributed by atoms with Crippen LogP contribution in [0.3, 0.4) is 0 Å². The van der Waals surface area contributed by atoms with E-state index in [0.29, 0.717) is 6.42 Å². The SMILES string of the molecule is CCSc1ccc(CCC(=O)NN(C)C)cc1. The van der Waals surface area contributed by atoms with Gasteiger partial charge in [0, 0.05) is 25.4 Å². The molecule has 1 amide bonds. The molecule has 0 spiro atoms. The number of nitrogens with one attached hydrogen (secondary N) is 1. The molecule has 0 saturated heterocycles. The Bertz CT molecular complexity index is 349. The summed E-state index contributed by atoms with van der Waals surface area (Å²) in [5.41, 5.74) is 3.94. The molecular weight excluding hydrogens is 232 g/mol. The molecule has 0 unspecified atom stereocenters. The minimum Gasteiger partial charge on any atom is -0.289 e. The molecule has 17 heavy (non-hydrogen) atoms. The fourth-order valence-electron chi connectivity index (χ4n) is 1.48. The fraction of sp³-hybridized carbons (Fsp3) is 0.462. The monoisotopic (exact) mass is 252 g/mol. The number of benzene rings is 1. The molecule has 0 heterocycles. The second kappa shape index (κ2) is 7.35. The number of amides is 1. The highest BCUT2D eigenvalue weighted by Gasteiger charge is 2.02. The molecule has 0 aliphatic rings. The van der Waals surface area contributed by atoms with E-state index in [1.54, 1.807) is 5.01 Å². The number of nitrogens with zero attached hydrogens (tertiary/aromatic N) is 1. The Morgan fingerprint density at radius 3 is 2.47 bits per heavy atom. The van der Waals surface area contributed by atoms with Gasteiger partial charge in [0.1, 0.15) is 0 Å². The van der Waals surface area contributed by atoms with Crippen molar-refractivity contribution < 1.29 is 4.79 Å². The Hall–Kier alpha value is -1.00. The van der Waals surface area contributed by atoms with E-state index in [-0.39, 0.29) is 5.91 Å². The van der Waals surface area contributed by atoms with Crippen LogP contribution in [0.1, 0.15) is 18.9 Å². The van der Waals surface area contributed by atoms with Crippen LogP contribution in [0.25, 0.3) is 0 Å². The van der Waals surface area contributed by atoms with Gasteiger partial charge in [-0.25, -0.2) is 5.01 Å². The van der Waals surface area contributed by atoms with E-state index in [9.17, 15) is 4.79 Å². The van der Waals surface area contributed by atoms with Crippen LogP contribution >= 0.6 is 11.8 Å². The topological polar surface area (TPSA) is 32.3 Å². The molecule has 3 nitrogen and oxygen atoms in total. The molecule has 0 radical (unpaired) electrons. The summed E-state index contributed by atoms with van der Waals surface area (Å²) < 4.78 is 0. The first kappa shape index (κ1) is 14.1. The van der Waals surface area contributed by atoms with Gasteiger partial charge in [0.15, 0.2) is 0 Å². The van der Waals surface area contributed by atoms with E-state index in [1.807, 2.05) is 25.9 Å². The molecule has 4 heteroatoms. The van der Waals surface area contributed by atoms with Gasteiger partial charge in [-0.2, -0.15) is 0 Å². The van der Waals surface area contributed by atoms with E-state index >= 15 is 0 Å². The minimum atomic E-state index is 0.0574. The highest BCUT2D eigenvalue weighted by Crippen LogP contribution is 2.18. The lowest BCUT2D eigenvalue weighted by Crippen LogP contribution is -2.36. The highest BCUT2D eigenvalue weighted by molar-refractivity contribution is 7.99. The van der Waals surface area contributed by atoms with Crippen LogP contribution in [0, 0.1) is 0 Å². The minimum absolute atomic E-state index is 0.0574. The molecule has 0 fully saturated rings. The third-order valence-electron chi connectivity index (χ3n) is 2.22. The van der Waals surface area contributed by atoms with Crippen molar-refractivity contribution >= 4 is 17.7 Å². The zero-order valence-electron chi connectivity index (χ0n) is 10.7. The van der Waals surface area contributed by atoms with Crippen LogP contribution in [0.4, 0.5) is 0 Å². The maximum Gasteiger partial charge on any atom is 0.234 e. The maximum atomic E-state index is 11.4. The summed E-state index contributed by atoms with van der Waals surface area (Å²) >= 11 is 1.83. The number of hydrogen-bond acceptors (Lipinski definition) is 3. The van der Waals surface area contributed by atoms with Gasteiger partial charge in [0.2, 0.25) is 5.91 Å². The number of carbonyl (C=O) groups is 1. The van der Waals surface area contributed by atoms with Crippen molar-refractivity contribution in [2.45, 2.75) is 24.7 Å². The molecule has 1 N–H and O–H groups in total. The lowest BCUT2D eigenvalue weighted by atomic mass is 10.1. The van der Waals surface area contributed by atoms with E-state index in [4.69, 9.17) is 0 Å². The molecule has 1 rings (SSSR count). The van der Waals surface area contributed by atoms with Gasteiger partial charge in [-0.3, -0.25) is 10.2 Å². The maximum absolute atomic E-state index is 11.4. The van der Waals surface area contributed by atoms with Gasteiger partial charge in [-0.1, -0.05) is 19.1 Å². The quantitative estimate of drug-likeness (QED) is 0.623. The summed E-state index contributed by atoms with van der Waals surface area (Å²) in [5, 5.41) is 1.67. The van der Waals surface area contributed by atoms with E-state index in [1.165, 1.54) is 10.5 Å². The summed E-state index contributed by atoms with van der Waals surface area (Å²) in [6.45, 7) is 2.14. The lowest BCUT2D eigenvalue weighted by Gasteiger charge is -2.11. The van der Waals surface area contributed by atoms with Crippen molar-refractivity contribution in [2.24, 2.45) is 0 Å². The van der Waals surface area contributed by atoms with Gasteiger partial charge in [-0.05, 0) is 29.9 Å². The number of hydrogen-bond donors (Lipinski definition) is 1. The van der Waals surface area contributed by atoms with Crippen molar-refractivity contribution in [3.8, 4) is 0 Å². The van der Waals surface area contributed by atoms with Crippen LogP contribution in [0.5, 0.6) is 0 Å². The van der Waals surface area contributed by atoms with Crippen molar-refractivity contribution in [2.75, 3.05) is 19.8 Å². The average Bonchev–Trinajstić information content (AvgIpc) is 2.28. The van der Waals surface area contributed by atoms with Crippen molar-refractivity contribution in [3.63, 3.8) is 0 Å². The Kier molecular flexibility index (Phi) is 6.08. The third kappa shape index (κ3) is 5.75. The summed E-state index contributed by atoms with van der Waals surface area (Å²) in [6, 6.07) is 8.43. The first-order valence-corrected chi connectivity index (χ1v) is 6.79. The Morgan fingerprint density at radius 1 is 1.29 bits per heavy atom. The van der Waals surface area contributed by atoms with Crippen LogP contribution < -0.4 is 5.43 Å². The zero-order chi connectivity index (χ0) is 12.7. The summed E-state index contributed by atoms with van der Waals surface area (Å²) in [5.74, 6) is 1.15. The van der Waals surface area contributed by atoms with Gasteiger partial charge >= 0.3 is 0 Å². The van der Waals surface area contributed by atoms with Crippen LogP contribution in [0.2, 0.25) is 0 Å². The van der Waals surface area contributed by atoms with Gasteiger partial charge in [-0.15, -0.1) is 11.8 Å². The molecule has 0 aromatic heterocycles. The van der Waals surface area contributed by atoms with Crippen LogP contribution in [-0.4, -0.2) is 30.8 Å². The summed E-state index contributed by atoms with van der Waals surface area (Å²) in [7, 11) is 3.63. The molecule has 0 bridgehead atoms. The zero-order valence-corrected chi connectivity index (χ0v) is 11.5. The molecule has 0 atom stereocenters. The molecule has 1 aromatic carbocycles. The van der Waals surface area contributed by atoms with Gasteiger partial charge < -0.3 is 0 Å². The van der Waals surface area contributed by atoms with Crippen molar-refractivity contribution in [1.82, 2.24) is 10.4 Å². The second-order valence-electron chi connectivity index (χ2n) is 4.01. The van der Waals surface area contributed by atoms with Crippen molar-refractivity contribution in [3.05, 3.63) is 29.8 Å². The second-order valence-corrected chi connectivity index (χ2v) is 5.34. The van der Waals surface area contributed by atoms with E-state index in [0.717, 1.165) is 12.2 Å². The van der Waals surface area contributed by atoms with Gasteiger partial charge in [0.05, 0.1) is 0 Å². The first-order valence-electron chi connectivity index (χ1n) is 5.80. The van der Waals surface area contributed by atoms with Gasteiger partial charge in [0.25, 0.3) is 0 Å². The Labute approximate surface area is 108 Å². The van der Waals surface area contributed by atoms with Crippen LogP contribution in [0.15, 0.2) is 29.2 Å². The molecular formula is C13H20N2OS. The number of rotatable bonds is 6. The Balaban J connectivity index is 2.39. The van der Waals surface area contributed by atoms with E-state index in [2.05, 4.69) is 36.6 Å². The first-order chi connectivity index (χ1) is 8.11. The predicted molar refractivity (Wildman–Crippen MR) is 73.0 cm³/mol. The number of aryl methyl sites for hydroxylation is 1. The standard InChI is InChI=1S/C13H20N2OS/c1-4-17-12-8-5-11(6-9-12)7-10-13(16)14-15(2)3/h5-6,8-9H,4,7,10H2,1-3H3,(H,14,16).